The van der Waals surface area contributed by atoms with Crippen LogP contribution in [0.4, 0.5) is 0 Å². The van der Waals surface area contributed by atoms with Gasteiger partial charge >= 0.3 is 5.97 Å². The van der Waals surface area contributed by atoms with Crippen LogP contribution < -0.4 is 0 Å². The lowest BCUT2D eigenvalue weighted by atomic mass is 9.95. The van der Waals surface area contributed by atoms with Gasteiger partial charge in [-0.2, -0.15) is 0 Å². The Bertz CT molecular complexity index is 1570. The third-order valence-electron chi connectivity index (χ3n) is 6.30. The molecule has 0 saturated carbocycles. The number of halogens is 1. The summed E-state index contributed by atoms with van der Waals surface area (Å²) in [4.78, 5) is 18.5. The largest absolute Gasteiger partial charge is 0.365 e. The summed E-state index contributed by atoms with van der Waals surface area (Å²) >= 11 is 3.36. The molecule has 0 heterocycles. The first kappa shape index (κ1) is 29.2. The Morgan fingerprint density at radius 2 is 1.32 bits per heavy atom. The molecule has 4 aromatic rings. The lowest BCUT2D eigenvalue weighted by molar-refractivity contribution is 0.0515. The molecule has 0 saturated heterocycles. The predicted molar refractivity (Wildman–Crippen MR) is 164 cm³/mol. The topological polar surface area (TPSA) is 72.8 Å². The fourth-order valence-electron chi connectivity index (χ4n) is 4.19. The molecule has 204 valence electrons. The van der Waals surface area contributed by atoms with Crippen molar-refractivity contribution in [1.82, 2.24) is 0 Å². The molecule has 0 aliphatic rings. The van der Waals surface area contributed by atoms with Crippen LogP contribution in [0, 0.1) is 6.92 Å². The van der Waals surface area contributed by atoms with E-state index in [-0.39, 0.29) is 15.5 Å². The number of unbranched alkanes of at least 4 members (excludes halogenated alkanes) is 1. The molecule has 40 heavy (non-hydrogen) atoms. The van der Waals surface area contributed by atoms with E-state index in [2.05, 4.69) is 21.1 Å². The molecule has 0 spiro atoms. The molecule has 0 unspecified atom stereocenters. The van der Waals surface area contributed by atoms with E-state index in [0.717, 1.165) is 16.5 Å². The van der Waals surface area contributed by atoms with Crippen molar-refractivity contribution in [3.05, 3.63) is 141 Å². The fraction of sp³-hybridized carbons (Fsp3) is 0.152. The van der Waals surface area contributed by atoms with E-state index in [9.17, 15) is 13.2 Å². The molecule has 0 N–H and O–H groups in total. The smallest absolute Gasteiger partial charge is 0.313 e. The van der Waals surface area contributed by atoms with Gasteiger partial charge < -0.3 is 4.84 Å². The van der Waals surface area contributed by atoms with Crippen LogP contribution in [-0.2, 0) is 14.7 Å². The third kappa shape index (κ3) is 7.03. The summed E-state index contributed by atoms with van der Waals surface area (Å²) < 4.78 is 29.8. The van der Waals surface area contributed by atoms with Gasteiger partial charge in [0, 0.05) is 10.0 Å². The van der Waals surface area contributed by atoms with Gasteiger partial charge in [0.25, 0.3) is 0 Å². The molecule has 0 amide bonds. The molecule has 0 aromatic heterocycles. The molecule has 5 nitrogen and oxygen atoms in total. The van der Waals surface area contributed by atoms with Crippen molar-refractivity contribution >= 4 is 43.0 Å². The van der Waals surface area contributed by atoms with Gasteiger partial charge in [-0.15, -0.1) is 0 Å². The molecular formula is C33H30BrNO4S. The first-order valence-electron chi connectivity index (χ1n) is 13.0. The van der Waals surface area contributed by atoms with Crippen LogP contribution in [-0.4, -0.2) is 20.1 Å². The van der Waals surface area contributed by atoms with Gasteiger partial charge in [-0.3, -0.25) is 0 Å². The van der Waals surface area contributed by atoms with E-state index in [0.29, 0.717) is 35.1 Å². The van der Waals surface area contributed by atoms with Crippen LogP contribution >= 0.6 is 15.9 Å². The van der Waals surface area contributed by atoms with Crippen LogP contribution in [0.5, 0.6) is 0 Å². The second-order valence-corrected chi connectivity index (χ2v) is 12.1. The Morgan fingerprint density at radius 3 is 1.85 bits per heavy atom. The Morgan fingerprint density at radius 1 is 0.775 bits per heavy atom. The lowest BCUT2D eigenvalue weighted by Crippen LogP contribution is -2.18. The molecule has 0 radical (unpaired) electrons. The number of carbonyl (C=O) groups excluding carboxylic acids is 1. The second-order valence-electron chi connectivity index (χ2n) is 9.28. The summed E-state index contributed by atoms with van der Waals surface area (Å²) in [7, 11) is -4.11. The quantitative estimate of drug-likeness (QED) is 0.102. The minimum atomic E-state index is -4.11. The SMILES string of the molecule is CCCC/C(=N\OC(=O)c1ccc(Br)cc1)C(=C(c1ccccc1)c1ccccc1)S(=O)(=O)c1ccc(C)cc1. The first-order valence-corrected chi connectivity index (χ1v) is 15.3. The van der Waals surface area contributed by atoms with Gasteiger partial charge in [-0.05, 0) is 67.3 Å². The highest BCUT2D eigenvalue weighted by Gasteiger charge is 2.31. The van der Waals surface area contributed by atoms with E-state index in [1.165, 1.54) is 0 Å². The molecular weight excluding hydrogens is 586 g/mol. The number of allylic oxidation sites excluding steroid dienone is 1. The number of aryl methyl sites for hydroxylation is 1. The first-order chi connectivity index (χ1) is 19.3. The van der Waals surface area contributed by atoms with Crippen molar-refractivity contribution in [3.63, 3.8) is 0 Å². The van der Waals surface area contributed by atoms with Crippen molar-refractivity contribution in [2.45, 2.75) is 38.0 Å². The van der Waals surface area contributed by atoms with Gasteiger partial charge in [0.1, 0.15) is 10.6 Å². The Balaban J connectivity index is 2.00. The number of hydrogen-bond acceptors (Lipinski definition) is 5. The number of hydrogen-bond donors (Lipinski definition) is 0. The Hall–Kier alpha value is -3.81. The van der Waals surface area contributed by atoms with Crippen LogP contribution in [0.25, 0.3) is 5.57 Å². The van der Waals surface area contributed by atoms with Crippen molar-refractivity contribution in [2.75, 3.05) is 0 Å². The second kappa shape index (κ2) is 13.5. The van der Waals surface area contributed by atoms with Crippen molar-refractivity contribution in [2.24, 2.45) is 5.16 Å². The van der Waals surface area contributed by atoms with Crippen LogP contribution in [0.15, 0.2) is 129 Å². The Labute approximate surface area is 244 Å². The standard InChI is InChI=1S/C33H30BrNO4S/c1-3-4-15-30(35-39-33(36)27-18-20-28(34)21-19-27)32(40(37,38)29-22-16-24(2)17-23-29)31(25-11-7-5-8-12-25)26-13-9-6-10-14-26/h5-14,16-23H,3-4,15H2,1-2H3/b35-30+. The highest BCUT2D eigenvalue weighted by Crippen LogP contribution is 2.35. The number of benzene rings is 4. The summed E-state index contributed by atoms with van der Waals surface area (Å²) in [5.41, 5.74) is 3.36. The minimum absolute atomic E-state index is 0.0193. The Kier molecular flexibility index (Phi) is 9.85. The number of oxime groups is 1. The van der Waals surface area contributed by atoms with Crippen LogP contribution in [0.3, 0.4) is 0 Å². The van der Waals surface area contributed by atoms with Gasteiger partial charge in [-0.1, -0.05) is 113 Å². The summed E-state index contributed by atoms with van der Waals surface area (Å²) in [5, 5.41) is 4.26. The molecule has 0 aliphatic carbocycles. The van der Waals surface area contributed by atoms with Crippen LogP contribution in [0.2, 0.25) is 0 Å². The monoisotopic (exact) mass is 615 g/mol. The maximum Gasteiger partial charge on any atom is 0.365 e. The highest BCUT2D eigenvalue weighted by atomic mass is 79.9. The zero-order valence-electron chi connectivity index (χ0n) is 22.4. The molecule has 0 bridgehead atoms. The predicted octanol–water partition coefficient (Wildman–Crippen LogP) is 8.39. The number of carbonyl (C=O) groups is 1. The molecule has 7 heteroatoms. The normalized spacial score (nSPS) is 11.6. The van der Waals surface area contributed by atoms with E-state index in [4.69, 9.17) is 4.84 Å². The van der Waals surface area contributed by atoms with Crippen molar-refractivity contribution in [1.29, 1.82) is 0 Å². The highest BCUT2D eigenvalue weighted by molar-refractivity contribution is 9.10. The molecule has 0 aliphatic heterocycles. The van der Waals surface area contributed by atoms with Crippen molar-refractivity contribution < 1.29 is 18.0 Å². The average molecular weight is 617 g/mol. The van der Waals surface area contributed by atoms with Gasteiger partial charge in [0.15, 0.2) is 0 Å². The molecule has 0 atom stereocenters. The van der Waals surface area contributed by atoms with Gasteiger partial charge in [-0.25, -0.2) is 13.2 Å². The minimum Gasteiger partial charge on any atom is -0.313 e. The van der Waals surface area contributed by atoms with E-state index < -0.39 is 15.8 Å². The van der Waals surface area contributed by atoms with E-state index in [1.54, 1.807) is 48.5 Å². The maximum atomic E-state index is 14.5. The van der Waals surface area contributed by atoms with Gasteiger partial charge in [0.2, 0.25) is 9.84 Å². The third-order valence-corrected chi connectivity index (χ3v) is 8.70. The van der Waals surface area contributed by atoms with E-state index in [1.807, 2.05) is 74.5 Å². The van der Waals surface area contributed by atoms with E-state index >= 15 is 0 Å². The summed E-state index contributed by atoms with van der Waals surface area (Å²) in [6, 6.07) is 32.2. The summed E-state index contributed by atoms with van der Waals surface area (Å²) in [6.45, 7) is 3.92. The van der Waals surface area contributed by atoms with Gasteiger partial charge in [0.05, 0.1) is 10.5 Å². The van der Waals surface area contributed by atoms with Crippen molar-refractivity contribution in [3.8, 4) is 0 Å². The average Bonchev–Trinajstić information content (AvgIpc) is 2.97. The molecule has 4 aromatic carbocycles. The number of nitrogens with zero attached hydrogens (tertiary/aromatic N) is 1. The molecule has 4 rings (SSSR count). The molecule has 0 fully saturated rings. The maximum absolute atomic E-state index is 14.5. The fourth-order valence-corrected chi connectivity index (χ4v) is 6.14. The number of sulfone groups is 1. The summed E-state index contributed by atoms with van der Waals surface area (Å²) in [6.07, 6.45) is 1.75. The summed E-state index contributed by atoms with van der Waals surface area (Å²) in [5.74, 6) is -0.672. The van der Waals surface area contributed by atoms with Crippen LogP contribution in [0.1, 0.15) is 53.2 Å². The number of rotatable bonds is 10. The zero-order valence-corrected chi connectivity index (χ0v) is 24.8. The zero-order chi connectivity index (χ0) is 28.5. The lowest BCUT2D eigenvalue weighted by Gasteiger charge is -2.19.